The molecule has 0 bridgehead atoms. The predicted octanol–water partition coefficient (Wildman–Crippen LogP) is 0.0358. The molecule has 1 atom stereocenters. The molecule has 0 aliphatic heterocycles. The maximum atomic E-state index is 11.4. The minimum atomic E-state index is -0.214. The SMILES string of the molecule is CCC(=O)NCC(=O)NC(CCO)C(C)C. The van der Waals surface area contributed by atoms with Crippen LogP contribution < -0.4 is 10.6 Å². The van der Waals surface area contributed by atoms with E-state index in [0.717, 1.165) is 0 Å². The second kappa shape index (κ2) is 8.10. The monoisotopic (exact) mass is 230 g/mol. The third-order valence-corrected chi connectivity index (χ3v) is 2.36. The van der Waals surface area contributed by atoms with Crippen molar-refractivity contribution in [2.75, 3.05) is 13.2 Å². The number of hydrogen-bond acceptors (Lipinski definition) is 3. The summed E-state index contributed by atoms with van der Waals surface area (Å²) in [6.45, 7) is 5.73. The third kappa shape index (κ3) is 6.40. The van der Waals surface area contributed by atoms with E-state index >= 15 is 0 Å². The zero-order valence-corrected chi connectivity index (χ0v) is 10.2. The summed E-state index contributed by atoms with van der Waals surface area (Å²) in [7, 11) is 0. The van der Waals surface area contributed by atoms with Crippen molar-refractivity contribution < 1.29 is 14.7 Å². The minimum Gasteiger partial charge on any atom is -0.396 e. The number of aliphatic hydroxyl groups excluding tert-OH is 1. The molecule has 5 heteroatoms. The average Bonchev–Trinajstić information content (AvgIpc) is 2.25. The third-order valence-electron chi connectivity index (χ3n) is 2.36. The van der Waals surface area contributed by atoms with Gasteiger partial charge in [-0.25, -0.2) is 0 Å². The molecule has 0 aromatic heterocycles. The molecule has 5 nitrogen and oxygen atoms in total. The highest BCUT2D eigenvalue weighted by molar-refractivity contribution is 5.84. The zero-order chi connectivity index (χ0) is 12.6. The summed E-state index contributed by atoms with van der Waals surface area (Å²) in [5.74, 6) is -0.0923. The molecule has 2 amide bonds. The Kier molecular flexibility index (Phi) is 7.54. The molecule has 1 unspecified atom stereocenters. The van der Waals surface area contributed by atoms with Crippen LogP contribution in [0.25, 0.3) is 0 Å². The van der Waals surface area contributed by atoms with Crippen LogP contribution in [0.4, 0.5) is 0 Å². The molecule has 0 saturated heterocycles. The Morgan fingerprint density at radius 3 is 2.31 bits per heavy atom. The number of carbonyl (C=O) groups is 2. The lowest BCUT2D eigenvalue weighted by molar-refractivity contribution is -0.126. The Labute approximate surface area is 96.6 Å². The van der Waals surface area contributed by atoms with Crippen molar-refractivity contribution in [3.8, 4) is 0 Å². The predicted molar refractivity (Wildman–Crippen MR) is 61.8 cm³/mol. The van der Waals surface area contributed by atoms with Gasteiger partial charge in [0.15, 0.2) is 0 Å². The van der Waals surface area contributed by atoms with E-state index < -0.39 is 0 Å². The van der Waals surface area contributed by atoms with Gasteiger partial charge in [0.2, 0.25) is 11.8 Å². The highest BCUT2D eigenvalue weighted by Gasteiger charge is 2.15. The first-order chi connectivity index (χ1) is 7.51. The molecule has 0 fully saturated rings. The summed E-state index contributed by atoms with van der Waals surface area (Å²) >= 11 is 0. The van der Waals surface area contributed by atoms with Crippen LogP contribution in [0.1, 0.15) is 33.6 Å². The smallest absolute Gasteiger partial charge is 0.239 e. The summed E-state index contributed by atoms with van der Waals surface area (Å²) in [5.41, 5.74) is 0. The Bertz CT molecular complexity index is 229. The van der Waals surface area contributed by atoms with Crippen molar-refractivity contribution in [1.29, 1.82) is 0 Å². The Hall–Kier alpha value is -1.10. The molecule has 0 radical (unpaired) electrons. The van der Waals surface area contributed by atoms with Crippen molar-refractivity contribution in [2.24, 2.45) is 5.92 Å². The van der Waals surface area contributed by atoms with Gasteiger partial charge in [0.1, 0.15) is 0 Å². The van der Waals surface area contributed by atoms with Crippen LogP contribution >= 0.6 is 0 Å². The molecule has 0 aliphatic carbocycles. The van der Waals surface area contributed by atoms with Gasteiger partial charge in [-0.1, -0.05) is 20.8 Å². The van der Waals surface area contributed by atoms with E-state index in [1.165, 1.54) is 0 Å². The highest BCUT2D eigenvalue weighted by atomic mass is 16.3. The van der Waals surface area contributed by atoms with Gasteiger partial charge in [0, 0.05) is 19.1 Å². The summed E-state index contributed by atoms with van der Waals surface area (Å²) in [5, 5.41) is 14.1. The Morgan fingerprint density at radius 1 is 1.25 bits per heavy atom. The molecule has 0 aromatic rings. The lowest BCUT2D eigenvalue weighted by atomic mass is 10.0. The molecular weight excluding hydrogens is 208 g/mol. The maximum Gasteiger partial charge on any atom is 0.239 e. The fourth-order valence-electron chi connectivity index (χ4n) is 1.27. The van der Waals surface area contributed by atoms with Crippen molar-refractivity contribution >= 4 is 11.8 Å². The van der Waals surface area contributed by atoms with Gasteiger partial charge in [-0.2, -0.15) is 0 Å². The number of rotatable bonds is 7. The molecule has 0 aliphatic rings. The summed E-state index contributed by atoms with van der Waals surface area (Å²) in [6, 6.07) is -0.0453. The Balaban J connectivity index is 3.95. The van der Waals surface area contributed by atoms with E-state index in [0.29, 0.717) is 12.8 Å². The first-order valence-corrected chi connectivity index (χ1v) is 5.68. The van der Waals surface area contributed by atoms with Gasteiger partial charge in [-0.15, -0.1) is 0 Å². The van der Waals surface area contributed by atoms with Crippen LogP contribution in [0.2, 0.25) is 0 Å². The number of nitrogens with one attached hydrogen (secondary N) is 2. The van der Waals surface area contributed by atoms with E-state index in [1.807, 2.05) is 13.8 Å². The van der Waals surface area contributed by atoms with Gasteiger partial charge >= 0.3 is 0 Å². The van der Waals surface area contributed by atoms with Crippen LogP contribution in [-0.4, -0.2) is 36.1 Å². The average molecular weight is 230 g/mol. The molecule has 0 heterocycles. The van der Waals surface area contributed by atoms with Gasteiger partial charge in [0.05, 0.1) is 6.54 Å². The molecule has 3 N–H and O–H groups in total. The van der Waals surface area contributed by atoms with E-state index in [9.17, 15) is 9.59 Å². The number of amides is 2. The van der Waals surface area contributed by atoms with Crippen LogP contribution in [0.15, 0.2) is 0 Å². The van der Waals surface area contributed by atoms with E-state index in [4.69, 9.17) is 5.11 Å². The topological polar surface area (TPSA) is 78.4 Å². The molecular formula is C11H22N2O3. The number of aliphatic hydroxyl groups is 1. The minimum absolute atomic E-state index is 0.00131. The van der Waals surface area contributed by atoms with E-state index in [1.54, 1.807) is 6.92 Å². The zero-order valence-electron chi connectivity index (χ0n) is 10.2. The molecule has 0 saturated carbocycles. The normalized spacial score (nSPS) is 12.3. The standard InChI is InChI=1S/C11H22N2O3/c1-4-10(15)12-7-11(16)13-9(5-6-14)8(2)3/h8-9,14H,4-7H2,1-3H3,(H,12,15)(H,13,16). The molecule has 94 valence electrons. The number of carbonyl (C=O) groups excluding carboxylic acids is 2. The second-order valence-corrected chi connectivity index (χ2v) is 4.06. The Morgan fingerprint density at radius 2 is 1.88 bits per heavy atom. The van der Waals surface area contributed by atoms with Gasteiger partial charge in [-0.05, 0) is 12.3 Å². The van der Waals surface area contributed by atoms with Crippen molar-refractivity contribution in [3.05, 3.63) is 0 Å². The first-order valence-electron chi connectivity index (χ1n) is 5.68. The lowest BCUT2D eigenvalue weighted by Gasteiger charge is -2.21. The van der Waals surface area contributed by atoms with Crippen molar-refractivity contribution in [2.45, 2.75) is 39.7 Å². The van der Waals surface area contributed by atoms with E-state index in [-0.39, 0.29) is 36.9 Å². The largest absolute Gasteiger partial charge is 0.396 e. The second-order valence-electron chi connectivity index (χ2n) is 4.06. The van der Waals surface area contributed by atoms with Gasteiger partial charge < -0.3 is 15.7 Å². The number of hydrogen-bond donors (Lipinski definition) is 3. The van der Waals surface area contributed by atoms with Crippen LogP contribution in [0.3, 0.4) is 0 Å². The molecule has 0 rings (SSSR count). The van der Waals surface area contributed by atoms with Gasteiger partial charge in [-0.3, -0.25) is 9.59 Å². The van der Waals surface area contributed by atoms with Crippen LogP contribution in [0.5, 0.6) is 0 Å². The lowest BCUT2D eigenvalue weighted by Crippen LogP contribution is -2.44. The van der Waals surface area contributed by atoms with E-state index in [2.05, 4.69) is 10.6 Å². The summed E-state index contributed by atoms with van der Waals surface area (Å²) in [4.78, 5) is 22.4. The highest BCUT2D eigenvalue weighted by Crippen LogP contribution is 2.04. The van der Waals surface area contributed by atoms with Crippen molar-refractivity contribution in [1.82, 2.24) is 10.6 Å². The first kappa shape index (κ1) is 14.9. The summed E-state index contributed by atoms with van der Waals surface area (Å²) < 4.78 is 0. The molecule has 16 heavy (non-hydrogen) atoms. The molecule has 0 aromatic carbocycles. The van der Waals surface area contributed by atoms with Gasteiger partial charge in [0.25, 0.3) is 0 Å². The summed E-state index contributed by atoms with van der Waals surface area (Å²) in [6.07, 6.45) is 0.905. The molecule has 0 spiro atoms. The van der Waals surface area contributed by atoms with Crippen LogP contribution in [0, 0.1) is 5.92 Å². The van der Waals surface area contributed by atoms with Crippen LogP contribution in [-0.2, 0) is 9.59 Å². The fraction of sp³-hybridized carbons (Fsp3) is 0.818. The maximum absolute atomic E-state index is 11.4. The van der Waals surface area contributed by atoms with Crippen molar-refractivity contribution in [3.63, 3.8) is 0 Å². The quantitative estimate of drug-likeness (QED) is 0.577. The fourth-order valence-corrected chi connectivity index (χ4v) is 1.27.